The van der Waals surface area contributed by atoms with Crippen LogP contribution in [0, 0.1) is 0 Å². The van der Waals surface area contributed by atoms with Gasteiger partial charge in [-0.25, -0.2) is 8.42 Å². The number of carbonyl (C=O) groups excluding carboxylic acids is 1. The highest BCUT2D eigenvalue weighted by Gasteiger charge is 2.29. The van der Waals surface area contributed by atoms with Crippen molar-refractivity contribution in [2.75, 3.05) is 17.7 Å². The molecule has 0 saturated carbocycles. The number of methoxy groups -OCH3 is 1. The molecular formula is C21H28N2O5S. The zero-order valence-electron chi connectivity index (χ0n) is 17.4. The van der Waals surface area contributed by atoms with Crippen molar-refractivity contribution in [3.05, 3.63) is 54.1 Å². The lowest BCUT2D eigenvalue weighted by molar-refractivity contribution is -0.122. The molecule has 0 fully saturated rings. The molecule has 0 spiro atoms. The summed E-state index contributed by atoms with van der Waals surface area (Å²) in [5.41, 5.74) is 1.28. The van der Waals surface area contributed by atoms with Gasteiger partial charge in [-0.15, -0.1) is 0 Å². The van der Waals surface area contributed by atoms with E-state index < -0.39 is 22.0 Å². The number of nitrogens with one attached hydrogen (secondary N) is 1. The number of amides is 1. The monoisotopic (exact) mass is 420 g/mol. The van der Waals surface area contributed by atoms with Crippen LogP contribution in [0.1, 0.15) is 26.3 Å². The summed E-state index contributed by atoms with van der Waals surface area (Å²) in [6.45, 7) is 5.74. The molecular weight excluding hydrogens is 392 g/mol. The first kappa shape index (κ1) is 22.5. The maximum absolute atomic E-state index is 12.6. The number of hydrogen-bond acceptors (Lipinski definition) is 5. The lowest BCUT2D eigenvalue weighted by Gasteiger charge is -2.28. The van der Waals surface area contributed by atoms with Gasteiger partial charge < -0.3 is 14.8 Å². The van der Waals surface area contributed by atoms with E-state index in [1.165, 1.54) is 7.11 Å². The molecule has 0 heterocycles. The Morgan fingerprint density at radius 3 is 2.03 bits per heavy atom. The van der Waals surface area contributed by atoms with Crippen molar-refractivity contribution in [3.63, 3.8) is 0 Å². The van der Waals surface area contributed by atoms with E-state index in [2.05, 4.69) is 5.32 Å². The maximum Gasteiger partial charge on any atom is 0.243 e. The van der Waals surface area contributed by atoms with Gasteiger partial charge in [0.05, 0.1) is 25.2 Å². The molecule has 0 unspecified atom stereocenters. The molecule has 0 radical (unpaired) electrons. The molecule has 1 N–H and O–H groups in total. The third-order valence-corrected chi connectivity index (χ3v) is 5.42. The Kier molecular flexibility index (Phi) is 7.50. The minimum absolute atomic E-state index is 0.0846. The van der Waals surface area contributed by atoms with E-state index in [4.69, 9.17) is 9.47 Å². The number of carbonyl (C=O) groups is 1. The Labute approximate surface area is 172 Å². The van der Waals surface area contributed by atoms with Gasteiger partial charge in [0.2, 0.25) is 15.9 Å². The molecule has 0 aliphatic heterocycles. The lowest BCUT2D eigenvalue weighted by Crippen LogP contribution is -2.47. The normalized spacial score (nSPS) is 12.3. The minimum atomic E-state index is -3.67. The summed E-state index contributed by atoms with van der Waals surface area (Å²) < 4.78 is 36.5. The van der Waals surface area contributed by atoms with Crippen molar-refractivity contribution in [2.45, 2.75) is 39.5 Å². The van der Waals surface area contributed by atoms with Crippen LogP contribution in [0.15, 0.2) is 48.5 Å². The van der Waals surface area contributed by atoms with Gasteiger partial charge >= 0.3 is 0 Å². The number of hydrogen-bond donors (Lipinski definition) is 1. The summed E-state index contributed by atoms with van der Waals surface area (Å²) in [6, 6.07) is 13.0. The van der Waals surface area contributed by atoms with Crippen LogP contribution in [-0.2, 0) is 21.4 Å². The van der Waals surface area contributed by atoms with Gasteiger partial charge in [-0.2, -0.15) is 0 Å². The predicted octanol–water partition coefficient (Wildman–Crippen LogP) is 2.95. The zero-order valence-corrected chi connectivity index (χ0v) is 18.2. The maximum atomic E-state index is 12.6. The third-order valence-electron chi connectivity index (χ3n) is 4.18. The largest absolute Gasteiger partial charge is 0.497 e. The second kappa shape index (κ2) is 9.65. The Morgan fingerprint density at radius 2 is 1.55 bits per heavy atom. The molecule has 7 nitrogen and oxygen atoms in total. The van der Waals surface area contributed by atoms with E-state index in [-0.39, 0.29) is 12.6 Å². The fraction of sp³-hybridized carbons (Fsp3) is 0.381. The SMILES string of the molecule is COc1ccc(N([C@H](C)C(=O)NCc2ccc(OC(C)C)cc2)S(C)(=O)=O)cc1. The number of nitrogens with zero attached hydrogens (tertiary/aromatic N) is 1. The summed E-state index contributed by atoms with van der Waals surface area (Å²) >= 11 is 0. The molecule has 1 atom stereocenters. The first-order valence-corrected chi connectivity index (χ1v) is 11.1. The average molecular weight is 421 g/mol. The summed E-state index contributed by atoms with van der Waals surface area (Å²) in [4.78, 5) is 12.6. The topological polar surface area (TPSA) is 84.9 Å². The van der Waals surface area contributed by atoms with Crippen LogP contribution in [0.2, 0.25) is 0 Å². The van der Waals surface area contributed by atoms with Crippen molar-refractivity contribution in [2.24, 2.45) is 0 Å². The van der Waals surface area contributed by atoms with E-state index >= 15 is 0 Å². The van der Waals surface area contributed by atoms with Gasteiger partial charge in [0.25, 0.3) is 0 Å². The first-order valence-electron chi connectivity index (χ1n) is 9.28. The summed E-state index contributed by atoms with van der Waals surface area (Å²) in [7, 11) is -2.14. The van der Waals surface area contributed by atoms with Gasteiger partial charge in [0.1, 0.15) is 17.5 Å². The molecule has 1 amide bonds. The van der Waals surface area contributed by atoms with Crippen molar-refractivity contribution >= 4 is 21.6 Å². The molecule has 8 heteroatoms. The molecule has 0 saturated heterocycles. The molecule has 2 rings (SSSR count). The molecule has 0 bridgehead atoms. The van der Waals surface area contributed by atoms with Crippen LogP contribution >= 0.6 is 0 Å². The van der Waals surface area contributed by atoms with Gasteiger partial charge in [-0.05, 0) is 62.7 Å². The smallest absolute Gasteiger partial charge is 0.243 e. The number of ether oxygens (including phenoxy) is 2. The van der Waals surface area contributed by atoms with Crippen LogP contribution in [0.3, 0.4) is 0 Å². The fourth-order valence-corrected chi connectivity index (χ4v) is 4.01. The van der Waals surface area contributed by atoms with Crippen LogP contribution in [0.4, 0.5) is 5.69 Å². The van der Waals surface area contributed by atoms with E-state index in [0.29, 0.717) is 11.4 Å². The number of benzene rings is 2. The van der Waals surface area contributed by atoms with Crippen LogP contribution in [0.5, 0.6) is 11.5 Å². The van der Waals surface area contributed by atoms with Crippen molar-refractivity contribution < 1.29 is 22.7 Å². The quantitative estimate of drug-likeness (QED) is 0.674. The van der Waals surface area contributed by atoms with E-state index in [9.17, 15) is 13.2 Å². The van der Waals surface area contributed by atoms with Gasteiger partial charge in [-0.3, -0.25) is 9.10 Å². The highest BCUT2D eigenvalue weighted by Crippen LogP contribution is 2.24. The van der Waals surface area contributed by atoms with Crippen LogP contribution in [0.25, 0.3) is 0 Å². The van der Waals surface area contributed by atoms with Crippen LogP contribution < -0.4 is 19.1 Å². The Morgan fingerprint density at radius 1 is 1.00 bits per heavy atom. The van der Waals surface area contributed by atoms with E-state index in [1.54, 1.807) is 31.2 Å². The highest BCUT2D eigenvalue weighted by molar-refractivity contribution is 7.92. The molecule has 0 aliphatic carbocycles. The summed E-state index contributed by atoms with van der Waals surface area (Å²) in [5.74, 6) is 0.962. The van der Waals surface area contributed by atoms with Crippen molar-refractivity contribution in [1.29, 1.82) is 0 Å². The average Bonchev–Trinajstić information content (AvgIpc) is 2.66. The number of sulfonamides is 1. The minimum Gasteiger partial charge on any atom is -0.497 e. The van der Waals surface area contributed by atoms with Gasteiger partial charge in [0, 0.05) is 6.54 Å². The molecule has 158 valence electrons. The summed E-state index contributed by atoms with van der Waals surface area (Å²) in [6.07, 6.45) is 1.16. The molecule has 0 aliphatic rings. The lowest BCUT2D eigenvalue weighted by atomic mass is 10.2. The second-order valence-electron chi connectivity index (χ2n) is 6.96. The van der Waals surface area contributed by atoms with E-state index in [1.807, 2.05) is 38.1 Å². The Balaban J connectivity index is 2.08. The number of anilines is 1. The Bertz CT molecular complexity index is 909. The standard InChI is InChI=1S/C21H28N2O5S/c1-15(2)28-20-10-6-17(7-11-20)14-22-21(24)16(3)23(29(5,25)26)18-8-12-19(27-4)13-9-18/h6-13,15-16H,14H2,1-5H3,(H,22,24)/t16-/m1/s1. The third kappa shape index (κ3) is 6.39. The first-order chi connectivity index (χ1) is 13.6. The van der Waals surface area contributed by atoms with Gasteiger partial charge in [-0.1, -0.05) is 12.1 Å². The fourth-order valence-electron chi connectivity index (χ4n) is 2.83. The van der Waals surface area contributed by atoms with E-state index in [0.717, 1.165) is 21.9 Å². The van der Waals surface area contributed by atoms with Crippen LogP contribution in [-0.4, -0.2) is 39.8 Å². The molecule has 2 aromatic carbocycles. The van der Waals surface area contributed by atoms with Crippen molar-refractivity contribution in [3.8, 4) is 11.5 Å². The van der Waals surface area contributed by atoms with Gasteiger partial charge in [0.15, 0.2) is 0 Å². The second-order valence-corrected chi connectivity index (χ2v) is 8.82. The van der Waals surface area contributed by atoms with Crippen molar-refractivity contribution in [1.82, 2.24) is 5.32 Å². The summed E-state index contributed by atoms with van der Waals surface area (Å²) in [5, 5.41) is 2.79. The zero-order chi connectivity index (χ0) is 21.6. The highest BCUT2D eigenvalue weighted by atomic mass is 32.2. The molecule has 2 aromatic rings. The molecule has 29 heavy (non-hydrogen) atoms. The Hall–Kier alpha value is -2.74. The number of rotatable bonds is 9. The predicted molar refractivity (Wildman–Crippen MR) is 114 cm³/mol. The molecule has 0 aromatic heterocycles.